The van der Waals surface area contributed by atoms with Crippen LogP contribution in [-0.2, 0) is 9.63 Å². The van der Waals surface area contributed by atoms with Gasteiger partial charge in [-0.1, -0.05) is 11.2 Å². The second-order valence-electron chi connectivity index (χ2n) is 3.72. The quantitative estimate of drug-likeness (QED) is 0.482. The maximum Gasteiger partial charge on any atom is 0.367 e. The minimum atomic E-state index is -0.509. The number of oxime groups is 1. The zero-order chi connectivity index (χ0) is 13.8. The van der Waals surface area contributed by atoms with Gasteiger partial charge in [-0.05, 0) is 23.8 Å². The highest BCUT2D eigenvalue weighted by Crippen LogP contribution is 2.29. The number of carbonyl (C=O) groups is 1. The second kappa shape index (κ2) is 5.75. The summed E-state index contributed by atoms with van der Waals surface area (Å²) in [6.45, 7) is 0. The summed E-state index contributed by atoms with van der Waals surface area (Å²) < 4.78 is 10.3. The molecule has 19 heavy (non-hydrogen) atoms. The summed E-state index contributed by atoms with van der Waals surface area (Å²) in [5, 5.41) is 3.60. The van der Waals surface area contributed by atoms with E-state index in [0.717, 1.165) is 5.56 Å². The Morgan fingerprint density at radius 1 is 1.32 bits per heavy atom. The number of ether oxygens (including phenoxy) is 2. The van der Waals surface area contributed by atoms with E-state index in [1.165, 1.54) is 0 Å². The number of halogens is 1. The highest BCUT2D eigenvalue weighted by Gasteiger charge is 2.24. The van der Waals surface area contributed by atoms with Gasteiger partial charge in [0.15, 0.2) is 11.5 Å². The lowest BCUT2D eigenvalue weighted by atomic mass is 10.1. The predicted octanol–water partition coefficient (Wildman–Crippen LogP) is 2.24. The van der Waals surface area contributed by atoms with Crippen LogP contribution in [0.2, 0.25) is 0 Å². The van der Waals surface area contributed by atoms with Gasteiger partial charge in [0.1, 0.15) is 5.71 Å². The fourth-order valence-corrected chi connectivity index (χ4v) is 1.85. The molecule has 0 fully saturated rings. The summed E-state index contributed by atoms with van der Waals surface area (Å²) in [5.74, 6) is 0.799. The molecule has 0 saturated heterocycles. The van der Waals surface area contributed by atoms with Crippen molar-refractivity contribution < 1.29 is 19.1 Å². The number of rotatable bonds is 4. The smallest absolute Gasteiger partial charge is 0.367 e. The third-order valence-corrected chi connectivity index (χ3v) is 2.87. The largest absolute Gasteiger partial charge is 0.493 e. The van der Waals surface area contributed by atoms with Gasteiger partial charge in [-0.15, -0.1) is 11.6 Å². The molecule has 0 N–H and O–H groups in total. The Bertz CT molecular complexity index is 566. The Balaban J connectivity index is 2.38. The molecule has 5 nitrogen and oxygen atoms in total. The van der Waals surface area contributed by atoms with Crippen molar-refractivity contribution in [2.75, 3.05) is 20.1 Å². The Labute approximate surface area is 115 Å². The fraction of sp³-hybridized carbons (Fsp3) is 0.231. The molecule has 0 bridgehead atoms. The van der Waals surface area contributed by atoms with E-state index in [-0.39, 0.29) is 5.88 Å². The van der Waals surface area contributed by atoms with Crippen LogP contribution < -0.4 is 9.47 Å². The molecule has 0 amide bonds. The van der Waals surface area contributed by atoms with E-state index < -0.39 is 5.97 Å². The van der Waals surface area contributed by atoms with E-state index >= 15 is 0 Å². The van der Waals surface area contributed by atoms with Crippen molar-refractivity contribution >= 4 is 29.4 Å². The molecular formula is C13H12ClNO4. The standard InChI is InChI=1S/C13H12ClNO4/c1-17-11-4-3-8(6-12(11)18-2)5-9-10(7-14)15-19-13(9)16/h3-6H,7H2,1-2H3. The minimum Gasteiger partial charge on any atom is -0.493 e. The van der Waals surface area contributed by atoms with Gasteiger partial charge in [0, 0.05) is 0 Å². The Morgan fingerprint density at radius 2 is 2.05 bits per heavy atom. The van der Waals surface area contributed by atoms with Crippen LogP contribution in [0.1, 0.15) is 5.56 Å². The van der Waals surface area contributed by atoms with Gasteiger partial charge in [-0.3, -0.25) is 0 Å². The van der Waals surface area contributed by atoms with E-state index in [1.54, 1.807) is 38.5 Å². The Morgan fingerprint density at radius 3 is 2.68 bits per heavy atom. The molecule has 1 aliphatic rings. The number of benzene rings is 1. The molecule has 1 aromatic carbocycles. The van der Waals surface area contributed by atoms with Crippen molar-refractivity contribution in [1.29, 1.82) is 0 Å². The monoisotopic (exact) mass is 281 g/mol. The summed E-state index contributed by atoms with van der Waals surface area (Å²) in [6, 6.07) is 5.30. The zero-order valence-corrected chi connectivity index (χ0v) is 11.2. The van der Waals surface area contributed by atoms with Crippen LogP contribution in [0.4, 0.5) is 0 Å². The molecule has 100 valence electrons. The van der Waals surface area contributed by atoms with E-state index in [1.807, 2.05) is 0 Å². The number of nitrogens with zero attached hydrogens (tertiary/aromatic N) is 1. The molecule has 1 heterocycles. The zero-order valence-electron chi connectivity index (χ0n) is 10.5. The molecule has 1 aliphatic heterocycles. The first-order chi connectivity index (χ1) is 9.19. The maximum atomic E-state index is 11.5. The van der Waals surface area contributed by atoms with Crippen molar-refractivity contribution in [1.82, 2.24) is 0 Å². The molecule has 1 aromatic rings. The molecule has 0 spiro atoms. The molecule has 6 heteroatoms. The minimum absolute atomic E-state index is 0.116. The number of hydrogen-bond acceptors (Lipinski definition) is 5. The lowest BCUT2D eigenvalue weighted by molar-refractivity contribution is -0.136. The van der Waals surface area contributed by atoms with Crippen LogP contribution in [0.25, 0.3) is 6.08 Å². The predicted molar refractivity (Wildman–Crippen MR) is 71.8 cm³/mol. The number of carbonyl (C=O) groups excluding carboxylic acids is 1. The Kier molecular flexibility index (Phi) is 4.06. The molecular weight excluding hydrogens is 270 g/mol. The van der Waals surface area contributed by atoms with Crippen LogP contribution in [0.15, 0.2) is 28.9 Å². The van der Waals surface area contributed by atoms with Gasteiger partial charge in [0.25, 0.3) is 0 Å². The average molecular weight is 282 g/mol. The number of methoxy groups -OCH3 is 2. The van der Waals surface area contributed by atoms with E-state index in [4.69, 9.17) is 21.1 Å². The average Bonchev–Trinajstić information content (AvgIpc) is 2.79. The molecule has 2 rings (SSSR count). The molecule has 0 aromatic heterocycles. The van der Waals surface area contributed by atoms with Gasteiger partial charge in [0.2, 0.25) is 0 Å². The lowest BCUT2D eigenvalue weighted by Crippen LogP contribution is -2.06. The third kappa shape index (κ3) is 2.71. The van der Waals surface area contributed by atoms with Crippen molar-refractivity contribution in [3.8, 4) is 11.5 Å². The van der Waals surface area contributed by atoms with Gasteiger partial charge in [0.05, 0.1) is 25.7 Å². The number of alkyl halides is 1. The van der Waals surface area contributed by atoms with E-state index in [9.17, 15) is 4.79 Å². The van der Waals surface area contributed by atoms with Crippen LogP contribution >= 0.6 is 11.6 Å². The van der Waals surface area contributed by atoms with Gasteiger partial charge < -0.3 is 14.3 Å². The van der Waals surface area contributed by atoms with Crippen LogP contribution in [0.3, 0.4) is 0 Å². The highest BCUT2D eigenvalue weighted by molar-refractivity contribution is 6.38. The summed E-state index contributed by atoms with van der Waals surface area (Å²) in [4.78, 5) is 16.1. The maximum absolute atomic E-state index is 11.5. The normalized spacial score (nSPS) is 16.3. The van der Waals surface area contributed by atoms with Crippen LogP contribution in [0.5, 0.6) is 11.5 Å². The van der Waals surface area contributed by atoms with Gasteiger partial charge in [-0.25, -0.2) is 4.79 Å². The molecule has 0 radical (unpaired) electrons. The molecule has 0 atom stereocenters. The number of hydrogen-bond donors (Lipinski definition) is 0. The summed E-state index contributed by atoms with van der Waals surface area (Å²) in [6.07, 6.45) is 1.65. The molecule has 0 unspecified atom stereocenters. The molecule has 0 aliphatic carbocycles. The van der Waals surface area contributed by atoms with Crippen molar-refractivity contribution in [3.63, 3.8) is 0 Å². The van der Waals surface area contributed by atoms with E-state index in [2.05, 4.69) is 9.99 Å². The first-order valence-corrected chi connectivity index (χ1v) is 6.01. The first kappa shape index (κ1) is 13.4. The van der Waals surface area contributed by atoms with Gasteiger partial charge in [-0.2, -0.15) is 0 Å². The summed E-state index contributed by atoms with van der Waals surface area (Å²) in [7, 11) is 3.10. The van der Waals surface area contributed by atoms with Crippen molar-refractivity contribution in [2.45, 2.75) is 0 Å². The summed E-state index contributed by atoms with van der Waals surface area (Å²) >= 11 is 5.69. The molecule has 0 saturated carbocycles. The third-order valence-electron chi connectivity index (χ3n) is 2.61. The Hall–Kier alpha value is -2.01. The fourth-order valence-electron chi connectivity index (χ4n) is 1.66. The van der Waals surface area contributed by atoms with Crippen molar-refractivity contribution in [2.24, 2.45) is 5.16 Å². The van der Waals surface area contributed by atoms with Crippen LogP contribution in [0, 0.1) is 0 Å². The van der Waals surface area contributed by atoms with Crippen LogP contribution in [-0.4, -0.2) is 31.8 Å². The second-order valence-corrected chi connectivity index (χ2v) is 3.99. The SMILES string of the molecule is COc1ccc(C=C2C(=O)ON=C2CCl)cc1OC. The highest BCUT2D eigenvalue weighted by atomic mass is 35.5. The first-order valence-electron chi connectivity index (χ1n) is 5.48. The van der Waals surface area contributed by atoms with Crippen molar-refractivity contribution in [3.05, 3.63) is 29.3 Å². The topological polar surface area (TPSA) is 57.1 Å². The summed E-state index contributed by atoms with van der Waals surface area (Å²) in [5.41, 5.74) is 1.54. The van der Waals surface area contributed by atoms with Gasteiger partial charge >= 0.3 is 5.97 Å². The van der Waals surface area contributed by atoms with E-state index in [0.29, 0.717) is 22.8 Å². The lowest BCUT2D eigenvalue weighted by Gasteiger charge is -2.07.